The van der Waals surface area contributed by atoms with E-state index >= 15 is 0 Å². The van der Waals surface area contributed by atoms with Crippen LogP contribution in [0.5, 0.6) is 0 Å². The molecule has 0 saturated heterocycles. The lowest BCUT2D eigenvalue weighted by Gasteiger charge is -2.04. The summed E-state index contributed by atoms with van der Waals surface area (Å²) in [7, 11) is 2.14. The van der Waals surface area contributed by atoms with Crippen molar-refractivity contribution in [1.82, 2.24) is 18.5 Å². The van der Waals surface area contributed by atoms with E-state index in [0.29, 0.717) is 0 Å². The van der Waals surface area contributed by atoms with Crippen LogP contribution in [-0.2, 0) is 7.05 Å². The summed E-state index contributed by atoms with van der Waals surface area (Å²) in [4.78, 5) is 5.11. The summed E-state index contributed by atoms with van der Waals surface area (Å²) in [5.41, 5.74) is 8.06. The molecule has 0 radical (unpaired) electrons. The van der Waals surface area contributed by atoms with Crippen LogP contribution in [0, 0.1) is 0 Å². The number of benzene rings is 4. The molecule has 0 spiro atoms. The molecule has 4 aromatic carbocycles. The quantitative estimate of drug-likeness (QED) is 0.336. The fourth-order valence-corrected chi connectivity index (χ4v) is 4.89. The van der Waals surface area contributed by atoms with Gasteiger partial charge in [-0.1, -0.05) is 48.5 Å². The molecule has 0 aliphatic rings. The minimum absolute atomic E-state index is 0.942. The lowest BCUT2D eigenvalue weighted by molar-refractivity contribution is 1.01. The second kappa shape index (κ2) is 5.51. The molecule has 0 N–H and O–H groups in total. The van der Waals surface area contributed by atoms with Crippen LogP contribution < -0.4 is 0 Å². The Labute approximate surface area is 172 Å². The van der Waals surface area contributed by atoms with Gasteiger partial charge in [0.2, 0.25) is 5.78 Å². The number of fused-ring (bicyclic) bond motifs is 8. The highest BCUT2D eigenvalue weighted by atomic mass is 15.2. The zero-order valence-corrected chi connectivity index (χ0v) is 16.4. The number of hydrogen-bond acceptors (Lipinski definition) is 1. The molecule has 7 rings (SSSR count). The standard InChI is InChI=1S/C26H18N4/c1-28-21-12-6-5-11-18(21)19-15-20-25(16-24(19)28)30-23-14-8-7-13-22(23)29(26(30)27-20)17-9-3-2-4-10-17/h2-16H,1H3. The fraction of sp³-hybridized carbons (Fsp3) is 0.0385. The monoisotopic (exact) mass is 386 g/mol. The largest absolute Gasteiger partial charge is 0.344 e. The minimum Gasteiger partial charge on any atom is -0.344 e. The third-order valence-electron chi connectivity index (χ3n) is 6.25. The van der Waals surface area contributed by atoms with Gasteiger partial charge in [-0.3, -0.25) is 8.97 Å². The smallest absolute Gasteiger partial charge is 0.220 e. The van der Waals surface area contributed by atoms with Crippen LogP contribution in [-0.4, -0.2) is 18.5 Å². The van der Waals surface area contributed by atoms with Gasteiger partial charge in [-0.05, 0) is 42.5 Å². The van der Waals surface area contributed by atoms with Crippen molar-refractivity contribution in [2.45, 2.75) is 0 Å². The van der Waals surface area contributed by atoms with Crippen LogP contribution in [0.3, 0.4) is 0 Å². The van der Waals surface area contributed by atoms with Gasteiger partial charge in [0.15, 0.2) is 0 Å². The summed E-state index contributed by atoms with van der Waals surface area (Å²) in [6.07, 6.45) is 0. The Kier molecular flexibility index (Phi) is 2.91. The van der Waals surface area contributed by atoms with Crippen LogP contribution in [0.2, 0.25) is 0 Å². The molecule has 3 aromatic heterocycles. The summed E-state index contributed by atoms with van der Waals surface area (Å²) in [6.45, 7) is 0. The maximum Gasteiger partial charge on any atom is 0.220 e. The molecule has 0 unspecified atom stereocenters. The Bertz CT molecular complexity index is 1750. The Morgan fingerprint density at radius 2 is 1.30 bits per heavy atom. The summed E-state index contributed by atoms with van der Waals surface area (Å²) >= 11 is 0. The average Bonchev–Trinajstić information content (AvgIpc) is 3.40. The average molecular weight is 386 g/mol. The fourth-order valence-electron chi connectivity index (χ4n) is 4.89. The molecule has 0 bridgehead atoms. The number of nitrogens with zero attached hydrogens (tertiary/aromatic N) is 4. The molecule has 0 atom stereocenters. The zero-order valence-electron chi connectivity index (χ0n) is 16.4. The maximum absolute atomic E-state index is 5.11. The molecule has 142 valence electrons. The number of para-hydroxylation sites is 4. The number of aryl methyl sites for hydroxylation is 1. The number of aromatic nitrogens is 4. The Balaban J connectivity index is 1.70. The summed E-state index contributed by atoms with van der Waals surface area (Å²) < 4.78 is 6.81. The first kappa shape index (κ1) is 15.8. The van der Waals surface area contributed by atoms with Crippen LogP contribution in [0.15, 0.2) is 91.0 Å². The second-order valence-corrected chi connectivity index (χ2v) is 7.84. The van der Waals surface area contributed by atoms with E-state index in [1.165, 1.54) is 21.8 Å². The van der Waals surface area contributed by atoms with E-state index in [9.17, 15) is 0 Å². The van der Waals surface area contributed by atoms with Crippen molar-refractivity contribution in [1.29, 1.82) is 0 Å². The Morgan fingerprint density at radius 1 is 0.600 bits per heavy atom. The van der Waals surface area contributed by atoms with E-state index in [1.807, 2.05) is 6.07 Å². The lowest BCUT2D eigenvalue weighted by atomic mass is 10.1. The van der Waals surface area contributed by atoms with Gasteiger partial charge in [-0.2, -0.15) is 0 Å². The van der Waals surface area contributed by atoms with Gasteiger partial charge in [-0.15, -0.1) is 0 Å². The lowest BCUT2D eigenvalue weighted by Crippen LogP contribution is -1.94. The minimum atomic E-state index is 0.942. The zero-order chi connectivity index (χ0) is 19.8. The number of hydrogen-bond donors (Lipinski definition) is 0. The predicted octanol–water partition coefficient (Wildman–Crippen LogP) is 6.08. The molecule has 0 aliphatic heterocycles. The van der Waals surface area contributed by atoms with Gasteiger partial charge in [0.05, 0.1) is 27.6 Å². The molecule has 0 fully saturated rings. The van der Waals surface area contributed by atoms with E-state index in [1.54, 1.807) is 0 Å². The van der Waals surface area contributed by atoms with Crippen molar-refractivity contribution in [2.75, 3.05) is 0 Å². The first-order chi connectivity index (χ1) is 14.8. The highest BCUT2D eigenvalue weighted by molar-refractivity contribution is 6.12. The Morgan fingerprint density at radius 3 is 2.13 bits per heavy atom. The molecule has 4 heteroatoms. The summed E-state index contributed by atoms with van der Waals surface area (Å²) in [6, 6.07) is 32.1. The van der Waals surface area contributed by atoms with Crippen molar-refractivity contribution < 1.29 is 0 Å². The van der Waals surface area contributed by atoms with Gasteiger partial charge in [0, 0.05) is 29.0 Å². The van der Waals surface area contributed by atoms with Crippen LogP contribution in [0.4, 0.5) is 0 Å². The molecular weight excluding hydrogens is 368 g/mol. The van der Waals surface area contributed by atoms with Crippen LogP contribution >= 0.6 is 0 Å². The van der Waals surface area contributed by atoms with Crippen molar-refractivity contribution in [3.8, 4) is 5.69 Å². The molecular formula is C26H18N4. The number of imidazole rings is 2. The van der Waals surface area contributed by atoms with Gasteiger partial charge in [0.25, 0.3) is 0 Å². The topological polar surface area (TPSA) is 27.2 Å². The normalized spacial score (nSPS) is 12.2. The first-order valence-corrected chi connectivity index (χ1v) is 10.2. The van der Waals surface area contributed by atoms with Gasteiger partial charge < -0.3 is 4.57 Å². The highest BCUT2D eigenvalue weighted by Crippen LogP contribution is 2.34. The molecule has 7 aromatic rings. The van der Waals surface area contributed by atoms with Crippen molar-refractivity contribution in [2.24, 2.45) is 7.05 Å². The van der Waals surface area contributed by atoms with E-state index in [2.05, 4.69) is 106 Å². The molecule has 0 aliphatic carbocycles. The van der Waals surface area contributed by atoms with Crippen LogP contribution in [0.1, 0.15) is 0 Å². The molecule has 3 heterocycles. The third-order valence-corrected chi connectivity index (χ3v) is 6.25. The molecule has 30 heavy (non-hydrogen) atoms. The van der Waals surface area contributed by atoms with E-state index < -0.39 is 0 Å². The van der Waals surface area contributed by atoms with E-state index in [0.717, 1.165) is 33.5 Å². The molecule has 4 nitrogen and oxygen atoms in total. The maximum atomic E-state index is 5.11. The summed E-state index contributed by atoms with van der Waals surface area (Å²) in [5.74, 6) is 0.942. The van der Waals surface area contributed by atoms with Crippen molar-refractivity contribution in [3.05, 3.63) is 91.0 Å². The Hall–Kier alpha value is -4.05. The predicted molar refractivity (Wildman–Crippen MR) is 124 cm³/mol. The first-order valence-electron chi connectivity index (χ1n) is 10.2. The second-order valence-electron chi connectivity index (χ2n) is 7.84. The highest BCUT2D eigenvalue weighted by Gasteiger charge is 2.18. The van der Waals surface area contributed by atoms with Crippen molar-refractivity contribution >= 4 is 49.7 Å². The van der Waals surface area contributed by atoms with Gasteiger partial charge in [0.1, 0.15) is 0 Å². The van der Waals surface area contributed by atoms with Crippen molar-refractivity contribution in [3.63, 3.8) is 0 Å². The third kappa shape index (κ3) is 1.88. The van der Waals surface area contributed by atoms with E-state index in [-0.39, 0.29) is 0 Å². The van der Waals surface area contributed by atoms with E-state index in [4.69, 9.17) is 4.98 Å². The van der Waals surface area contributed by atoms with Gasteiger partial charge >= 0.3 is 0 Å². The molecule has 0 amide bonds. The SMILES string of the molecule is Cn1c2ccccc2c2cc3nc4n(-c5ccccc5)c5ccccc5n4c3cc21. The van der Waals surface area contributed by atoms with Crippen LogP contribution in [0.25, 0.3) is 55.3 Å². The summed E-state index contributed by atoms with van der Waals surface area (Å²) in [5, 5.41) is 2.52. The molecule has 0 saturated carbocycles. The van der Waals surface area contributed by atoms with Gasteiger partial charge in [-0.25, -0.2) is 4.98 Å². The number of rotatable bonds is 1.